The third kappa shape index (κ3) is 3.63. The van der Waals surface area contributed by atoms with Crippen molar-refractivity contribution in [2.45, 2.75) is 19.8 Å². The van der Waals surface area contributed by atoms with E-state index in [0.717, 1.165) is 12.1 Å². The van der Waals surface area contributed by atoms with Crippen molar-refractivity contribution in [3.8, 4) is 0 Å². The molecule has 0 bridgehead atoms. The normalized spacial score (nSPS) is 17.5. The third-order valence-electron chi connectivity index (χ3n) is 3.74. The molecule has 22 heavy (non-hydrogen) atoms. The van der Waals surface area contributed by atoms with E-state index >= 15 is 0 Å². The predicted octanol–water partition coefficient (Wildman–Crippen LogP) is 0.891. The molecule has 1 N–H and O–H groups in total. The van der Waals surface area contributed by atoms with Gasteiger partial charge in [0.2, 0.25) is 5.91 Å². The lowest BCUT2D eigenvalue weighted by Crippen LogP contribution is -2.29. The smallest absolute Gasteiger partial charge is 0.311 e. The van der Waals surface area contributed by atoms with E-state index < -0.39 is 11.9 Å². The summed E-state index contributed by atoms with van der Waals surface area (Å²) in [6.07, 6.45) is 1.05. The summed E-state index contributed by atoms with van der Waals surface area (Å²) in [4.78, 5) is 36.6. The van der Waals surface area contributed by atoms with Gasteiger partial charge in [-0.3, -0.25) is 14.4 Å². The highest BCUT2D eigenvalue weighted by molar-refractivity contribution is 5.99. The number of rotatable bonds is 5. The monoisotopic (exact) mass is 304 g/mol. The number of aryl methyl sites for hydroxylation is 1. The molecule has 0 aliphatic carbocycles. The maximum atomic E-state index is 12.1. The fourth-order valence-electron chi connectivity index (χ4n) is 2.35. The molecule has 1 heterocycles. The van der Waals surface area contributed by atoms with E-state index in [-0.39, 0.29) is 31.4 Å². The number of amides is 2. The van der Waals surface area contributed by atoms with Gasteiger partial charge in [0.15, 0.2) is 6.61 Å². The lowest BCUT2D eigenvalue weighted by atomic mass is 10.1. The molecular weight excluding hydrogens is 284 g/mol. The second-order valence-electron chi connectivity index (χ2n) is 5.21. The minimum absolute atomic E-state index is 0.105. The van der Waals surface area contributed by atoms with E-state index in [1.165, 1.54) is 12.6 Å². The largest absolute Gasteiger partial charge is 0.455 e. The maximum Gasteiger partial charge on any atom is 0.311 e. The number of likely N-dealkylation sites (N-methyl/N-ethyl adjacent to an activating group) is 1. The van der Waals surface area contributed by atoms with Crippen LogP contribution >= 0.6 is 0 Å². The van der Waals surface area contributed by atoms with Crippen molar-refractivity contribution in [1.29, 1.82) is 0 Å². The van der Waals surface area contributed by atoms with Crippen LogP contribution in [0.15, 0.2) is 24.3 Å². The molecular formula is C16H20N2O4. The first-order valence-corrected chi connectivity index (χ1v) is 7.31. The first kappa shape index (κ1) is 16.0. The zero-order valence-corrected chi connectivity index (χ0v) is 12.8. The van der Waals surface area contributed by atoms with Crippen LogP contribution in [0.25, 0.3) is 0 Å². The molecule has 2 rings (SSSR count). The number of hydrogen-bond acceptors (Lipinski definition) is 4. The van der Waals surface area contributed by atoms with E-state index in [2.05, 4.69) is 12.2 Å². The quantitative estimate of drug-likeness (QED) is 0.820. The van der Waals surface area contributed by atoms with Gasteiger partial charge in [0.25, 0.3) is 5.91 Å². The van der Waals surface area contributed by atoms with Crippen molar-refractivity contribution in [2.24, 2.45) is 5.92 Å². The number of carbonyl (C=O) groups excluding carboxylic acids is 3. The van der Waals surface area contributed by atoms with Gasteiger partial charge >= 0.3 is 5.97 Å². The standard InChI is InChI=1S/C16H20N2O4/c1-3-11-4-6-13(7-5-11)18-9-12(8-15(18)20)16(21)22-10-14(19)17-2/h4-7,12H,3,8-10H2,1-2H3,(H,17,19)/t12-/m1/s1. The molecule has 1 saturated heterocycles. The minimum Gasteiger partial charge on any atom is -0.455 e. The van der Waals surface area contributed by atoms with Crippen LogP contribution in [0.5, 0.6) is 0 Å². The van der Waals surface area contributed by atoms with Gasteiger partial charge in [0.1, 0.15) is 0 Å². The second-order valence-corrected chi connectivity index (χ2v) is 5.21. The molecule has 1 aromatic carbocycles. The lowest BCUT2D eigenvalue weighted by Gasteiger charge is -2.16. The third-order valence-corrected chi connectivity index (χ3v) is 3.74. The molecule has 0 aromatic heterocycles. The molecule has 6 heteroatoms. The average Bonchev–Trinajstić information content (AvgIpc) is 2.94. The molecule has 1 aliphatic heterocycles. The highest BCUT2D eigenvalue weighted by Gasteiger charge is 2.36. The summed E-state index contributed by atoms with van der Waals surface area (Å²) in [6.45, 7) is 2.04. The molecule has 1 aliphatic rings. The van der Waals surface area contributed by atoms with E-state index in [1.54, 1.807) is 4.90 Å². The maximum absolute atomic E-state index is 12.1. The van der Waals surface area contributed by atoms with Crippen molar-refractivity contribution in [2.75, 3.05) is 25.1 Å². The molecule has 1 fully saturated rings. The van der Waals surface area contributed by atoms with E-state index in [1.807, 2.05) is 24.3 Å². The van der Waals surface area contributed by atoms with Crippen LogP contribution < -0.4 is 10.2 Å². The molecule has 2 amide bonds. The molecule has 118 valence electrons. The summed E-state index contributed by atoms with van der Waals surface area (Å²) in [6, 6.07) is 7.71. The SMILES string of the molecule is CCc1ccc(N2C[C@H](C(=O)OCC(=O)NC)CC2=O)cc1. The van der Waals surface area contributed by atoms with Crippen molar-refractivity contribution >= 4 is 23.5 Å². The number of benzene rings is 1. The Balaban J connectivity index is 1.97. The predicted molar refractivity (Wildman–Crippen MR) is 81.3 cm³/mol. The summed E-state index contributed by atoms with van der Waals surface area (Å²) in [7, 11) is 1.47. The van der Waals surface area contributed by atoms with Gasteiger partial charge < -0.3 is 15.0 Å². The molecule has 1 aromatic rings. The summed E-state index contributed by atoms with van der Waals surface area (Å²) >= 11 is 0. The topological polar surface area (TPSA) is 75.7 Å². The van der Waals surface area contributed by atoms with Gasteiger partial charge in [-0.1, -0.05) is 19.1 Å². The van der Waals surface area contributed by atoms with Gasteiger partial charge in [-0.25, -0.2) is 0 Å². The second kappa shape index (κ2) is 7.06. The van der Waals surface area contributed by atoms with Gasteiger partial charge in [-0.2, -0.15) is 0 Å². The van der Waals surface area contributed by atoms with Crippen LogP contribution in [-0.4, -0.2) is 38.0 Å². The fraction of sp³-hybridized carbons (Fsp3) is 0.438. The van der Waals surface area contributed by atoms with Crippen molar-refractivity contribution < 1.29 is 19.1 Å². The molecule has 6 nitrogen and oxygen atoms in total. The van der Waals surface area contributed by atoms with E-state index in [9.17, 15) is 14.4 Å². The number of ether oxygens (including phenoxy) is 1. The van der Waals surface area contributed by atoms with Crippen LogP contribution in [0.3, 0.4) is 0 Å². The zero-order valence-electron chi connectivity index (χ0n) is 12.8. The Bertz CT molecular complexity index is 568. The Labute approximate surface area is 129 Å². The molecule has 1 atom stereocenters. The Morgan fingerprint density at radius 2 is 2.00 bits per heavy atom. The van der Waals surface area contributed by atoms with Crippen molar-refractivity contribution in [3.63, 3.8) is 0 Å². The Hall–Kier alpha value is -2.37. The molecule has 0 unspecified atom stereocenters. The molecule has 0 saturated carbocycles. The van der Waals surface area contributed by atoms with Gasteiger partial charge in [-0.15, -0.1) is 0 Å². The number of hydrogen-bond donors (Lipinski definition) is 1. The summed E-state index contributed by atoms with van der Waals surface area (Å²) < 4.78 is 4.92. The highest BCUT2D eigenvalue weighted by atomic mass is 16.5. The minimum atomic E-state index is -0.525. The average molecular weight is 304 g/mol. The Kier molecular flexibility index (Phi) is 5.14. The Morgan fingerprint density at radius 3 is 2.59 bits per heavy atom. The number of nitrogens with zero attached hydrogens (tertiary/aromatic N) is 1. The zero-order chi connectivity index (χ0) is 16.1. The first-order valence-electron chi connectivity index (χ1n) is 7.31. The van der Waals surface area contributed by atoms with Crippen LogP contribution in [0, 0.1) is 5.92 Å². The fourth-order valence-corrected chi connectivity index (χ4v) is 2.35. The van der Waals surface area contributed by atoms with Crippen LogP contribution in [-0.2, 0) is 25.5 Å². The highest BCUT2D eigenvalue weighted by Crippen LogP contribution is 2.26. The first-order chi connectivity index (χ1) is 10.5. The number of esters is 1. The van der Waals surface area contributed by atoms with Crippen molar-refractivity contribution in [3.05, 3.63) is 29.8 Å². The van der Waals surface area contributed by atoms with E-state index in [4.69, 9.17) is 4.74 Å². The van der Waals surface area contributed by atoms with Crippen molar-refractivity contribution in [1.82, 2.24) is 5.32 Å². The van der Waals surface area contributed by atoms with E-state index in [0.29, 0.717) is 0 Å². The lowest BCUT2D eigenvalue weighted by molar-refractivity contribution is -0.152. The number of anilines is 1. The summed E-state index contributed by atoms with van der Waals surface area (Å²) in [5, 5.41) is 2.37. The van der Waals surface area contributed by atoms with Crippen LogP contribution in [0.1, 0.15) is 18.9 Å². The summed E-state index contributed by atoms with van der Waals surface area (Å²) in [5.74, 6) is -1.51. The van der Waals surface area contributed by atoms with Gasteiger partial charge in [0.05, 0.1) is 5.92 Å². The summed E-state index contributed by atoms with van der Waals surface area (Å²) in [5.41, 5.74) is 1.97. The number of carbonyl (C=O) groups is 3. The van der Waals surface area contributed by atoms with Gasteiger partial charge in [-0.05, 0) is 24.1 Å². The molecule has 0 spiro atoms. The van der Waals surface area contributed by atoms with Gasteiger partial charge in [0, 0.05) is 25.7 Å². The van der Waals surface area contributed by atoms with Crippen LogP contribution in [0.4, 0.5) is 5.69 Å². The number of nitrogens with one attached hydrogen (secondary N) is 1. The Morgan fingerprint density at radius 1 is 1.32 bits per heavy atom. The molecule has 0 radical (unpaired) electrons. The van der Waals surface area contributed by atoms with Crippen LogP contribution in [0.2, 0.25) is 0 Å².